The second kappa shape index (κ2) is 11.7. The van der Waals surface area contributed by atoms with Gasteiger partial charge in [0.2, 0.25) is 11.9 Å². The second-order valence-electron chi connectivity index (χ2n) is 8.70. The predicted molar refractivity (Wildman–Crippen MR) is 134 cm³/mol. The number of anilines is 1. The first-order chi connectivity index (χ1) is 17.1. The summed E-state index contributed by atoms with van der Waals surface area (Å²) in [5.74, 6) is 2.68. The highest BCUT2D eigenvalue weighted by Crippen LogP contribution is 2.28. The van der Waals surface area contributed by atoms with Gasteiger partial charge in [-0.2, -0.15) is 4.98 Å². The molecule has 9 heteroatoms. The number of ether oxygens (including phenoxy) is 2. The molecule has 1 aromatic carbocycles. The number of aromatic nitrogens is 4. The van der Waals surface area contributed by atoms with Gasteiger partial charge in [0.05, 0.1) is 14.2 Å². The first-order valence-electron chi connectivity index (χ1n) is 12.2. The van der Waals surface area contributed by atoms with Gasteiger partial charge in [-0.1, -0.05) is 32.3 Å². The first-order valence-corrected chi connectivity index (χ1v) is 12.2. The number of hydrogen-bond donors (Lipinski definition) is 1. The number of benzene rings is 1. The number of amides is 1. The molecule has 4 rings (SSSR count). The molecule has 1 aliphatic rings. The summed E-state index contributed by atoms with van der Waals surface area (Å²) in [7, 11) is 3.22. The molecule has 1 N–H and O–H groups in total. The molecule has 0 radical (unpaired) electrons. The third kappa shape index (κ3) is 5.90. The van der Waals surface area contributed by atoms with Crippen LogP contribution in [0.15, 0.2) is 43.0 Å². The van der Waals surface area contributed by atoms with E-state index in [9.17, 15) is 4.79 Å². The fourth-order valence-corrected chi connectivity index (χ4v) is 4.45. The van der Waals surface area contributed by atoms with E-state index < -0.39 is 0 Å². The van der Waals surface area contributed by atoms with Crippen molar-refractivity contribution < 1.29 is 14.3 Å². The van der Waals surface area contributed by atoms with Gasteiger partial charge in [-0.3, -0.25) is 9.36 Å². The average molecular weight is 479 g/mol. The van der Waals surface area contributed by atoms with Crippen LogP contribution in [0.25, 0.3) is 5.95 Å². The van der Waals surface area contributed by atoms with Gasteiger partial charge < -0.3 is 19.7 Å². The zero-order valence-corrected chi connectivity index (χ0v) is 20.7. The van der Waals surface area contributed by atoms with Gasteiger partial charge in [0.1, 0.15) is 18.2 Å². The summed E-state index contributed by atoms with van der Waals surface area (Å²) in [6.07, 6.45) is 11.0. The molecule has 1 unspecified atom stereocenters. The fourth-order valence-electron chi connectivity index (χ4n) is 4.45. The number of nitrogens with one attached hydrogen (secondary N) is 1. The number of imidazole rings is 1. The van der Waals surface area contributed by atoms with Crippen molar-refractivity contribution in [3.05, 3.63) is 54.2 Å². The number of methoxy groups -OCH3 is 2. The Hall–Kier alpha value is -3.62. The molecule has 1 fully saturated rings. The van der Waals surface area contributed by atoms with E-state index in [1.165, 1.54) is 0 Å². The second-order valence-corrected chi connectivity index (χ2v) is 8.70. The number of hydrogen-bond acceptors (Lipinski definition) is 7. The lowest BCUT2D eigenvalue weighted by Crippen LogP contribution is -2.47. The Kier molecular flexibility index (Phi) is 8.18. The molecular weight excluding hydrogens is 444 g/mol. The van der Waals surface area contributed by atoms with Crippen LogP contribution in [0.3, 0.4) is 0 Å². The van der Waals surface area contributed by atoms with Crippen LogP contribution in [0, 0.1) is 0 Å². The number of aryl methyl sites for hydroxylation is 1. The van der Waals surface area contributed by atoms with Crippen molar-refractivity contribution in [1.82, 2.24) is 24.8 Å². The lowest BCUT2D eigenvalue weighted by molar-refractivity contribution is -0.122. The minimum absolute atomic E-state index is 0.00141. The van der Waals surface area contributed by atoms with Gasteiger partial charge in [0.15, 0.2) is 11.5 Å². The topological polar surface area (TPSA) is 94.4 Å². The number of carbonyl (C=O) groups excluding carboxylic acids is 1. The zero-order chi connectivity index (χ0) is 24.6. The lowest BCUT2D eigenvalue weighted by atomic mass is 10.1. The maximum atomic E-state index is 13.4. The summed E-state index contributed by atoms with van der Waals surface area (Å²) in [4.78, 5) is 29.3. The monoisotopic (exact) mass is 478 g/mol. The van der Waals surface area contributed by atoms with E-state index in [-0.39, 0.29) is 11.9 Å². The van der Waals surface area contributed by atoms with Crippen LogP contribution in [0.2, 0.25) is 0 Å². The molecule has 1 aliphatic heterocycles. The normalized spacial score (nSPS) is 16.0. The number of carbonyl (C=O) groups is 1. The lowest BCUT2D eigenvalue weighted by Gasteiger charge is -2.30. The summed E-state index contributed by atoms with van der Waals surface area (Å²) in [5, 5.41) is 3.13. The highest BCUT2D eigenvalue weighted by atomic mass is 16.5. The molecule has 1 saturated heterocycles. The third-order valence-corrected chi connectivity index (χ3v) is 6.26. The van der Waals surface area contributed by atoms with Crippen molar-refractivity contribution in [3.63, 3.8) is 0 Å². The predicted octanol–water partition coefficient (Wildman–Crippen LogP) is 3.70. The quantitative estimate of drug-likeness (QED) is 0.501. The molecule has 35 heavy (non-hydrogen) atoms. The SMILES string of the molecule is CCCc1cc(N2CCCCCC2C(=O)NCc2ccc(OC)c(OC)c2)nc(-n2ccnc2)n1. The van der Waals surface area contributed by atoms with Crippen molar-refractivity contribution in [2.24, 2.45) is 0 Å². The van der Waals surface area contributed by atoms with E-state index in [1.54, 1.807) is 26.7 Å². The van der Waals surface area contributed by atoms with Crippen molar-refractivity contribution >= 4 is 11.7 Å². The molecule has 1 atom stereocenters. The van der Waals surface area contributed by atoms with Crippen LogP contribution in [0.4, 0.5) is 5.82 Å². The van der Waals surface area contributed by atoms with Crippen LogP contribution in [-0.2, 0) is 17.8 Å². The maximum Gasteiger partial charge on any atom is 0.243 e. The summed E-state index contributed by atoms with van der Waals surface area (Å²) < 4.78 is 12.5. The van der Waals surface area contributed by atoms with Crippen molar-refractivity contribution in [3.8, 4) is 17.4 Å². The van der Waals surface area contributed by atoms with Gasteiger partial charge >= 0.3 is 0 Å². The fraction of sp³-hybridized carbons (Fsp3) is 0.462. The molecule has 1 amide bonds. The Labute approximate surface area is 206 Å². The molecule has 0 spiro atoms. The zero-order valence-electron chi connectivity index (χ0n) is 20.7. The highest BCUT2D eigenvalue weighted by molar-refractivity contribution is 5.85. The smallest absolute Gasteiger partial charge is 0.243 e. The van der Waals surface area contributed by atoms with E-state index in [0.29, 0.717) is 24.0 Å². The molecule has 0 aliphatic carbocycles. The average Bonchev–Trinajstić information content (AvgIpc) is 3.31. The molecule has 0 saturated carbocycles. The van der Waals surface area contributed by atoms with Gasteiger partial charge in [0, 0.05) is 37.2 Å². The minimum Gasteiger partial charge on any atom is -0.493 e. The molecule has 186 valence electrons. The molecule has 0 bridgehead atoms. The van der Waals surface area contributed by atoms with Gasteiger partial charge in [-0.05, 0) is 37.0 Å². The van der Waals surface area contributed by atoms with E-state index in [0.717, 1.165) is 62.1 Å². The van der Waals surface area contributed by atoms with E-state index in [4.69, 9.17) is 19.4 Å². The summed E-state index contributed by atoms with van der Waals surface area (Å²) in [6, 6.07) is 7.42. The third-order valence-electron chi connectivity index (χ3n) is 6.26. The van der Waals surface area contributed by atoms with Crippen LogP contribution in [0.5, 0.6) is 11.5 Å². The van der Waals surface area contributed by atoms with Crippen LogP contribution < -0.4 is 19.7 Å². The van der Waals surface area contributed by atoms with Crippen molar-refractivity contribution in [2.45, 2.75) is 58.0 Å². The van der Waals surface area contributed by atoms with Crippen LogP contribution in [-0.4, -0.2) is 52.2 Å². The van der Waals surface area contributed by atoms with E-state index >= 15 is 0 Å². The summed E-state index contributed by atoms with van der Waals surface area (Å²) in [6.45, 7) is 3.32. The van der Waals surface area contributed by atoms with Gasteiger partial charge in [-0.25, -0.2) is 9.97 Å². The first kappa shape index (κ1) is 24.5. The maximum absolute atomic E-state index is 13.4. The number of nitrogens with zero attached hydrogens (tertiary/aromatic N) is 5. The highest BCUT2D eigenvalue weighted by Gasteiger charge is 2.29. The largest absolute Gasteiger partial charge is 0.493 e. The molecule has 3 aromatic rings. The van der Waals surface area contributed by atoms with Gasteiger partial charge in [0.25, 0.3) is 0 Å². The molecular formula is C26H34N6O3. The van der Waals surface area contributed by atoms with E-state index in [1.807, 2.05) is 35.0 Å². The summed E-state index contributed by atoms with van der Waals surface area (Å²) >= 11 is 0. The Morgan fingerprint density at radius 1 is 1.11 bits per heavy atom. The standard InChI is InChI=1S/C26H34N6O3/c1-4-8-20-16-24(30-26(29-20)31-14-12-27-18-31)32-13-7-5-6-9-21(32)25(33)28-17-19-10-11-22(34-2)23(15-19)35-3/h10-12,14-16,18,21H,4-9,13,17H2,1-3H3,(H,28,33). The van der Waals surface area contributed by atoms with Crippen LogP contribution in [0.1, 0.15) is 50.3 Å². The summed E-state index contributed by atoms with van der Waals surface area (Å²) in [5.41, 5.74) is 1.92. The minimum atomic E-state index is -0.294. The van der Waals surface area contributed by atoms with Gasteiger partial charge in [-0.15, -0.1) is 0 Å². The Balaban J connectivity index is 1.57. The Morgan fingerprint density at radius 2 is 1.97 bits per heavy atom. The van der Waals surface area contributed by atoms with Crippen molar-refractivity contribution in [2.75, 3.05) is 25.7 Å². The molecule has 2 aromatic heterocycles. The Bertz CT molecular complexity index is 1120. The molecule has 9 nitrogen and oxygen atoms in total. The molecule has 3 heterocycles. The number of rotatable bonds is 9. The van der Waals surface area contributed by atoms with Crippen LogP contribution >= 0.6 is 0 Å². The Morgan fingerprint density at radius 3 is 2.71 bits per heavy atom. The van der Waals surface area contributed by atoms with E-state index in [2.05, 4.69) is 22.1 Å². The van der Waals surface area contributed by atoms with Crippen molar-refractivity contribution in [1.29, 1.82) is 0 Å².